The van der Waals surface area contributed by atoms with E-state index in [0.29, 0.717) is 23.7 Å². The van der Waals surface area contributed by atoms with Crippen LogP contribution in [0.3, 0.4) is 0 Å². The van der Waals surface area contributed by atoms with Gasteiger partial charge in [-0.3, -0.25) is 25.4 Å². The van der Waals surface area contributed by atoms with Gasteiger partial charge in [0.1, 0.15) is 0 Å². The fourth-order valence-corrected chi connectivity index (χ4v) is 1.58. The summed E-state index contributed by atoms with van der Waals surface area (Å²) in [5, 5.41) is 3.81. The molecule has 0 saturated heterocycles. The molecule has 8 heteroatoms. The van der Waals surface area contributed by atoms with E-state index in [0.717, 1.165) is 0 Å². The average Bonchev–Trinajstić information content (AvgIpc) is 3.00. The summed E-state index contributed by atoms with van der Waals surface area (Å²) < 4.78 is 5.03. The van der Waals surface area contributed by atoms with E-state index < -0.39 is 5.91 Å². The molecule has 8 nitrogen and oxygen atoms in total. The quantitative estimate of drug-likeness (QED) is 0.797. The molecule has 0 bridgehead atoms. The predicted octanol–water partition coefficient (Wildman–Crippen LogP) is 0.982. The van der Waals surface area contributed by atoms with E-state index in [9.17, 15) is 9.59 Å². The first-order valence-corrected chi connectivity index (χ1v) is 6.88. The summed E-state index contributed by atoms with van der Waals surface area (Å²) in [5.41, 5.74) is 5.00. The summed E-state index contributed by atoms with van der Waals surface area (Å²) in [4.78, 5) is 31.4. The van der Waals surface area contributed by atoms with Gasteiger partial charge in [-0.2, -0.15) is 4.98 Å². The number of hydrazine groups is 1. The van der Waals surface area contributed by atoms with Crippen LogP contribution in [0.2, 0.25) is 0 Å². The summed E-state index contributed by atoms with van der Waals surface area (Å²) in [5.74, 6) is 0.408. The first-order chi connectivity index (χ1) is 10.6. The molecular formula is C14H17N5O3. The van der Waals surface area contributed by atoms with E-state index in [4.69, 9.17) is 4.52 Å². The van der Waals surface area contributed by atoms with Gasteiger partial charge >= 0.3 is 0 Å². The number of aromatic nitrogens is 3. The molecular weight excluding hydrogens is 286 g/mol. The minimum absolute atomic E-state index is 0.132. The molecule has 2 heterocycles. The Kier molecular flexibility index (Phi) is 5.18. The van der Waals surface area contributed by atoms with Crippen molar-refractivity contribution >= 4 is 11.8 Å². The normalized spacial score (nSPS) is 10.5. The van der Waals surface area contributed by atoms with Crippen molar-refractivity contribution in [3.8, 4) is 0 Å². The Balaban J connectivity index is 1.75. The van der Waals surface area contributed by atoms with Crippen molar-refractivity contribution in [2.24, 2.45) is 0 Å². The van der Waals surface area contributed by atoms with Gasteiger partial charge in [0, 0.05) is 31.2 Å². The second-order valence-corrected chi connectivity index (χ2v) is 4.95. The van der Waals surface area contributed by atoms with Gasteiger partial charge in [0.25, 0.3) is 5.91 Å². The summed E-state index contributed by atoms with van der Waals surface area (Å²) >= 11 is 0. The minimum atomic E-state index is -0.429. The molecule has 2 aromatic heterocycles. The van der Waals surface area contributed by atoms with Crippen molar-refractivity contribution in [3.05, 3.63) is 41.8 Å². The fraction of sp³-hybridized carbons (Fsp3) is 0.357. The van der Waals surface area contributed by atoms with Gasteiger partial charge in [-0.1, -0.05) is 19.0 Å². The van der Waals surface area contributed by atoms with Gasteiger partial charge in [-0.05, 0) is 12.1 Å². The molecule has 0 unspecified atom stereocenters. The maximum Gasteiger partial charge on any atom is 0.271 e. The zero-order valence-electron chi connectivity index (χ0n) is 12.4. The standard InChI is InChI=1S/C14H17N5O3/c1-9(2)13-16-12(22-19-13)6-5-11(20)17-18-14(21)10-4-3-7-15-8-10/h3-4,7-9H,5-6H2,1-2H3,(H,17,20)(H,18,21). The molecule has 0 atom stereocenters. The SMILES string of the molecule is CC(C)c1noc(CCC(=O)NNC(=O)c2cccnc2)n1. The highest BCUT2D eigenvalue weighted by atomic mass is 16.5. The van der Waals surface area contributed by atoms with Crippen LogP contribution in [0.1, 0.15) is 48.3 Å². The maximum atomic E-state index is 11.7. The third-order valence-corrected chi connectivity index (χ3v) is 2.81. The summed E-state index contributed by atoms with van der Waals surface area (Å²) in [6.07, 6.45) is 3.42. The van der Waals surface area contributed by atoms with E-state index in [1.54, 1.807) is 18.3 Å². The van der Waals surface area contributed by atoms with E-state index in [1.165, 1.54) is 6.20 Å². The number of amides is 2. The van der Waals surface area contributed by atoms with Gasteiger partial charge in [-0.25, -0.2) is 0 Å². The minimum Gasteiger partial charge on any atom is -0.339 e. The van der Waals surface area contributed by atoms with Crippen molar-refractivity contribution in [1.29, 1.82) is 0 Å². The van der Waals surface area contributed by atoms with Crippen molar-refractivity contribution in [2.45, 2.75) is 32.6 Å². The van der Waals surface area contributed by atoms with Crippen molar-refractivity contribution in [2.75, 3.05) is 0 Å². The maximum absolute atomic E-state index is 11.7. The van der Waals surface area contributed by atoms with Gasteiger partial charge in [-0.15, -0.1) is 0 Å². The van der Waals surface area contributed by atoms with E-state index in [2.05, 4.69) is 26.0 Å². The lowest BCUT2D eigenvalue weighted by atomic mass is 10.2. The van der Waals surface area contributed by atoms with Crippen molar-refractivity contribution in [1.82, 2.24) is 26.0 Å². The van der Waals surface area contributed by atoms with Gasteiger partial charge in [0.15, 0.2) is 5.82 Å². The molecule has 0 aliphatic heterocycles. The Morgan fingerprint density at radius 3 is 2.77 bits per heavy atom. The Hall–Kier alpha value is -2.77. The number of carbonyl (C=O) groups is 2. The molecule has 22 heavy (non-hydrogen) atoms. The molecule has 2 aromatic rings. The lowest BCUT2D eigenvalue weighted by molar-refractivity contribution is -0.121. The zero-order valence-corrected chi connectivity index (χ0v) is 12.4. The van der Waals surface area contributed by atoms with E-state index >= 15 is 0 Å². The molecule has 0 saturated carbocycles. The first kappa shape index (κ1) is 15.6. The Bertz CT molecular complexity index is 639. The molecule has 116 valence electrons. The van der Waals surface area contributed by atoms with Crippen LogP contribution in [-0.4, -0.2) is 26.9 Å². The zero-order chi connectivity index (χ0) is 15.9. The van der Waals surface area contributed by atoms with E-state index in [1.807, 2.05) is 13.8 Å². The van der Waals surface area contributed by atoms with Gasteiger partial charge in [0.2, 0.25) is 11.8 Å². The topological polar surface area (TPSA) is 110 Å². The van der Waals surface area contributed by atoms with Gasteiger partial charge in [0.05, 0.1) is 5.56 Å². The lowest BCUT2D eigenvalue weighted by Crippen LogP contribution is -2.41. The Morgan fingerprint density at radius 2 is 2.14 bits per heavy atom. The van der Waals surface area contributed by atoms with Crippen LogP contribution in [0.15, 0.2) is 29.0 Å². The molecule has 0 aromatic carbocycles. The third kappa shape index (κ3) is 4.37. The van der Waals surface area contributed by atoms with Crippen LogP contribution < -0.4 is 10.9 Å². The number of pyridine rings is 1. The molecule has 2 amide bonds. The smallest absolute Gasteiger partial charge is 0.271 e. The van der Waals surface area contributed by atoms with Crippen LogP contribution in [0.4, 0.5) is 0 Å². The highest BCUT2D eigenvalue weighted by molar-refractivity contribution is 5.94. The number of hydrogen-bond donors (Lipinski definition) is 2. The van der Waals surface area contributed by atoms with Gasteiger partial charge < -0.3 is 4.52 Å². The van der Waals surface area contributed by atoms with Crippen LogP contribution in [-0.2, 0) is 11.2 Å². The Labute approximate surface area is 127 Å². The van der Waals surface area contributed by atoms with Crippen LogP contribution in [0.25, 0.3) is 0 Å². The lowest BCUT2D eigenvalue weighted by Gasteiger charge is -2.06. The summed E-state index contributed by atoms with van der Waals surface area (Å²) in [6.45, 7) is 3.91. The molecule has 0 radical (unpaired) electrons. The number of rotatable bonds is 5. The second kappa shape index (κ2) is 7.30. The Morgan fingerprint density at radius 1 is 1.32 bits per heavy atom. The van der Waals surface area contributed by atoms with Crippen molar-refractivity contribution < 1.29 is 14.1 Å². The monoisotopic (exact) mass is 303 g/mol. The first-order valence-electron chi connectivity index (χ1n) is 6.88. The number of aryl methyl sites for hydroxylation is 1. The second-order valence-electron chi connectivity index (χ2n) is 4.95. The van der Waals surface area contributed by atoms with E-state index in [-0.39, 0.29) is 18.2 Å². The number of nitrogens with zero attached hydrogens (tertiary/aromatic N) is 3. The fourth-order valence-electron chi connectivity index (χ4n) is 1.58. The molecule has 0 aliphatic carbocycles. The predicted molar refractivity (Wildman–Crippen MR) is 76.6 cm³/mol. The van der Waals surface area contributed by atoms with Crippen molar-refractivity contribution in [3.63, 3.8) is 0 Å². The largest absolute Gasteiger partial charge is 0.339 e. The number of nitrogens with one attached hydrogen (secondary N) is 2. The molecule has 0 spiro atoms. The van der Waals surface area contributed by atoms with Crippen LogP contribution in [0, 0.1) is 0 Å². The molecule has 2 rings (SSSR count). The number of carbonyl (C=O) groups excluding carboxylic acids is 2. The average molecular weight is 303 g/mol. The highest BCUT2D eigenvalue weighted by Gasteiger charge is 2.12. The summed E-state index contributed by atoms with van der Waals surface area (Å²) in [7, 11) is 0. The van der Waals surface area contributed by atoms with Crippen LogP contribution >= 0.6 is 0 Å². The summed E-state index contributed by atoms with van der Waals surface area (Å²) in [6, 6.07) is 3.24. The molecule has 2 N–H and O–H groups in total. The third-order valence-electron chi connectivity index (χ3n) is 2.81. The van der Waals surface area contributed by atoms with Crippen LogP contribution in [0.5, 0.6) is 0 Å². The number of hydrogen-bond acceptors (Lipinski definition) is 6. The highest BCUT2D eigenvalue weighted by Crippen LogP contribution is 2.10. The molecule has 0 aliphatic rings. The molecule has 0 fully saturated rings.